The number of fused-ring (bicyclic) bond motifs is 1. The van der Waals surface area contributed by atoms with Crippen molar-refractivity contribution < 1.29 is 13.6 Å². The fraction of sp³-hybridized carbons (Fsp3) is 0. The lowest BCUT2D eigenvalue weighted by Gasteiger charge is -1.97. The molecule has 2 aromatic carbocycles. The van der Waals surface area contributed by atoms with Crippen molar-refractivity contribution in [1.29, 1.82) is 0 Å². The van der Waals surface area contributed by atoms with Crippen LogP contribution in [0.15, 0.2) is 87.5 Å². The lowest BCUT2D eigenvalue weighted by atomic mass is 10.2. The Morgan fingerprint density at radius 3 is 2.69 bits per heavy atom. The molecule has 0 radical (unpaired) electrons. The smallest absolute Gasteiger partial charge is 0.307 e. The van der Waals surface area contributed by atoms with Crippen LogP contribution in [0.4, 0.5) is 0 Å². The lowest BCUT2D eigenvalue weighted by Crippen LogP contribution is -2.16. The topological polar surface area (TPSA) is 67.7 Å². The largest absolute Gasteiger partial charge is 0.450 e. The van der Waals surface area contributed by atoms with E-state index in [9.17, 15) is 4.79 Å². The van der Waals surface area contributed by atoms with Gasteiger partial charge in [-0.15, -0.1) is 0 Å². The molecule has 0 saturated carbocycles. The van der Waals surface area contributed by atoms with Gasteiger partial charge in [0.15, 0.2) is 10.9 Å². The fourth-order valence-corrected chi connectivity index (χ4v) is 5.51. The number of nitrogens with one attached hydrogen (secondary N) is 1. The second-order valence-corrected chi connectivity index (χ2v) is 9.79. The Labute approximate surface area is 200 Å². The van der Waals surface area contributed by atoms with E-state index in [1.165, 1.54) is 18.0 Å². The van der Waals surface area contributed by atoms with Crippen molar-refractivity contribution in [3.05, 3.63) is 78.6 Å². The molecular weight excluding hydrogens is 635 g/mol. The Morgan fingerprint density at radius 2 is 1.90 bits per heavy atom. The molecule has 0 aliphatic heterocycles. The third kappa shape index (κ3) is 4.96. The van der Waals surface area contributed by atoms with Crippen LogP contribution in [0.2, 0.25) is 0 Å². The number of carbonyl (C=O) groups is 1. The van der Waals surface area contributed by atoms with Gasteiger partial charge in [0, 0.05) is 20.8 Å². The maximum atomic E-state index is 12.3. The van der Waals surface area contributed by atoms with Crippen molar-refractivity contribution >= 4 is 89.3 Å². The Bertz CT molecular complexity index is 1220. The molecule has 0 aliphatic rings. The summed E-state index contributed by atoms with van der Waals surface area (Å²) in [6, 6.07) is 17.2. The van der Waals surface area contributed by atoms with Gasteiger partial charge in [0.2, 0.25) is 0 Å². The molecule has 2 aromatic heterocycles. The van der Waals surface area contributed by atoms with Gasteiger partial charge < -0.3 is 8.83 Å². The highest BCUT2D eigenvalue weighted by molar-refractivity contribution is 14.1. The maximum absolute atomic E-state index is 12.3. The van der Waals surface area contributed by atoms with Gasteiger partial charge in [-0.2, -0.15) is 5.10 Å². The molecule has 1 amide bonds. The minimum absolute atomic E-state index is 0.189. The van der Waals surface area contributed by atoms with Crippen LogP contribution in [0.25, 0.3) is 11.0 Å². The summed E-state index contributed by atoms with van der Waals surface area (Å²) in [5.74, 6) is 0.265. The van der Waals surface area contributed by atoms with Crippen molar-refractivity contribution in [2.75, 3.05) is 0 Å². The molecule has 0 spiro atoms. The summed E-state index contributed by atoms with van der Waals surface area (Å²) in [6.45, 7) is 0. The zero-order chi connectivity index (χ0) is 20.4. The molecule has 0 aliphatic carbocycles. The van der Waals surface area contributed by atoms with Crippen LogP contribution in [0.5, 0.6) is 0 Å². The van der Waals surface area contributed by atoms with E-state index < -0.39 is 5.91 Å². The number of halogens is 3. The number of hydrogen-bond acceptors (Lipinski definition) is 5. The summed E-state index contributed by atoms with van der Waals surface area (Å²) in [7, 11) is 0. The first-order valence-electron chi connectivity index (χ1n) is 8.24. The second-order valence-electron chi connectivity index (χ2n) is 5.82. The van der Waals surface area contributed by atoms with Crippen LogP contribution in [0, 0.1) is 3.57 Å². The van der Waals surface area contributed by atoms with E-state index in [4.69, 9.17) is 8.83 Å². The number of amides is 1. The first-order chi connectivity index (χ1) is 14.0. The molecule has 0 bridgehead atoms. The van der Waals surface area contributed by atoms with E-state index in [2.05, 4.69) is 65.0 Å². The maximum Gasteiger partial charge on any atom is 0.307 e. The number of benzene rings is 2. The molecular formula is C20H11Br2IN2O3S. The van der Waals surface area contributed by atoms with Crippen LogP contribution in [-0.4, -0.2) is 12.1 Å². The van der Waals surface area contributed by atoms with Crippen molar-refractivity contribution in [1.82, 2.24) is 5.43 Å². The first kappa shape index (κ1) is 20.7. The van der Waals surface area contributed by atoms with E-state index in [0.717, 1.165) is 22.8 Å². The van der Waals surface area contributed by atoms with Gasteiger partial charge in [0.25, 0.3) is 0 Å². The summed E-state index contributed by atoms with van der Waals surface area (Å²) in [5.41, 5.74) is 3.13. The number of rotatable bonds is 5. The average molecular weight is 646 g/mol. The van der Waals surface area contributed by atoms with Crippen molar-refractivity contribution in [3.63, 3.8) is 0 Å². The summed E-state index contributed by atoms with van der Waals surface area (Å²) in [5, 5.41) is 5.52. The normalized spacial score (nSPS) is 11.4. The zero-order valence-corrected chi connectivity index (χ0v) is 20.6. The monoisotopic (exact) mass is 644 g/mol. The number of nitrogens with zero attached hydrogens (tertiary/aromatic N) is 1. The third-order valence-electron chi connectivity index (χ3n) is 3.75. The minimum Gasteiger partial charge on any atom is -0.450 e. The van der Waals surface area contributed by atoms with Crippen molar-refractivity contribution in [3.8, 4) is 0 Å². The van der Waals surface area contributed by atoms with Gasteiger partial charge in [0.1, 0.15) is 11.3 Å². The Morgan fingerprint density at radius 1 is 1.10 bits per heavy atom. The quantitative estimate of drug-likeness (QED) is 0.143. The van der Waals surface area contributed by atoms with Crippen molar-refractivity contribution in [2.45, 2.75) is 9.99 Å². The predicted molar refractivity (Wildman–Crippen MR) is 129 cm³/mol. The molecule has 4 aromatic rings. The molecule has 9 heteroatoms. The van der Waals surface area contributed by atoms with E-state index >= 15 is 0 Å². The van der Waals surface area contributed by atoms with E-state index in [1.807, 2.05) is 42.5 Å². The summed E-state index contributed by atoms with van der Waals surface area (Å²) in [4.78, 5) is 13.4. The molecule has 0 atom stereocenters. The van der Waals surface area contributed by atoms with Gasteiger partial charge in [-0.1, -0.05) is 45.9 Å². The predicted octanol–water partition coefficient (Wildman–Crippen LogP) is 7.07. The Kier molecular flexibility index (Phi) is 6.47. The van der Waals surface area contributed by atoms with Gasteiger partial charge in [-0.25, -0.2) is 5.43 Å². The SMILES string of the molecule is O=C(N/N=C\c1cc(Br)c(Sc2ccccc2)o1)c1cc2cc(Br)cc(I)c2o1. The van der Waals surface area contributed by atoms with Gasteiger partial charge in [0.05, 0.1) is 14.3 Å². The fourth-order valence-electron chi connectivity index (χ4n) is 2.50. The third-order valence-corrected chi connectivity index (χ3v) is 6.85. The van der Waals surface area contributed by atoms with Crippen LogP contribution >= 0.6 is 66.2 Å². The summed E-state index contributed by atoms with van der Waals surface area (Å²) in [6.07, 6.45) is 1.45. The molecule has 0 fully saturated rings. The average Bonchev–Trinajstić information content (AvgIpc) is 3.26. The van der Waals surface area contributed by atoms with E-state index in [1.54, 1.807) is 12.1 Å². The molecule has 4 rings (SSSR count). The molecule has 1 N–H and O–H groups in total. The van der Waals surface area contributed by atoms with E-state index in [0.29, 0.717) is 16.4 Å². The van der Waals surface area contributed by atoms with Gasteiger partial charge in [-0.05, 0) is 68.9 Å². The molecule has 146 valence electrons. The van der Waals surface area contributed by atoms with E-state index in [-0.39, 0.29) is 5.76 Å². The number of hydrazone groups is 1. The van der Waals surface area contributed by atoms with Crippen LogP contribution in [-0.2, 0) is 0 Å². The van der Waals surface area contributed by atoms with Gasteiger partial charge >= 0.3 is 5.91 Å². The zero-order valence-electron chi connectivity index (χ0n) is 14.5. The first-order valence-corrected chi connectivity index (χ1v) is 11.7. The number of furan rings is 2. The minimum atomic E-state index is -0.436. The standard InChI is InChI=1S/C20H11Br2IN2O3S/c21-12-6-11-7-17(28-18(11)16(23)8-12)19(26)25-24-10-13-9-15(22)20(27-13)29-14-4-2-1-3-5-14/h1-10H,(H,25,26)/b24-10-. The highest BCUT2D eigenvalue weighted by atomic mass is 127. The highest BCUT2D eigenvalue weighted by Gasteiger charge is 2.14. The van der Waals surface area contributed by atoms with Crippen LogP contribution in [0.3, 0.4) is 0 Å². The van der Waals surface area contributed by atoms with Gasteiger partial charge in [-0.3, -0.25) is 4.79 Å². The number of hydrogen-bond donors (Lipinski definition) is 1. The van der Waals surface area contributed by atoms with Crippen LogP contribution in [0.1, 0.15) is 16.3 Å². The molecule has 5 nitrogen and oxygen atoms in total. The molecule has 29 heavy (non-hydrogen) atoms. The summed E-state index contributed by atoms with van der Waals surface area (Å²) >= 11 is 10.6. The summed E-state index contributed by atoms with van der Waals surface area (Å²) < 4.78 is 14.1. The van der Waals surface area contributed by atoms with Crippen molar-refractivity contribution in [2.24, 2.45) is 5.10 Å². The second kappa shape index (κ2) is 9.07. The molecule has 2 heterocycles. The Balaban J connectivity index is 1.44. The molecule has 0 saturated heterocycles. The lowest BCUT2D eigenvalue weighted by molar-refractivity contribution is 0.0929. The van der Waals surface area contributed by atoms with Crippen LogP contribution < -0.4 is 5.43 Å². The Hall–Kier alpha value is -1.56. The highest BCUT2D eigenvalue weighted by Crippen LogP contribution is 2.35. The molecule has 0 unspecified atom stereocenters. The number of carbonyl (C=O) groups excluding carboxylic acids is 1.